The Morgan fingerprint density at radius 3 is 2.44 bits per heavy atom. The molecular formula is C17H15FN2O4S. The van der Waals surface area contributed by atoms with Crippen LogP contribution in [0.1, 0.15) is 10.4 Å². The molecule has 2 rings (SSSR count). The number of nitrogens with one attached hydrogen (secondary N) is 1. The molecule has 0 radical (unpaired) electrons. The molecule has 0 heterocycles. The second kappa shape index (κ2) is 8.84. The van der Waals surface area contributed by atoms with Gasteiger partial charge in [0.15, 0.2) is 6.61 Å². The average molecular weight is 362 g/mol. The van der Waals surface area contributed by atoms with Crippen molar-refractivity contribution in [2.75, 3.05) is 17.7 Å². The van der Waals surface area contributed by atoms with Gasteiger partial charge >= 0.3 is 5.97 Å². The van der Waals surface area contributed by atoms with E-state index in [0.29, 0.717) is 10.6 Å². The monoisotopic (exact) mass is 362 g/mol. The number of ether oxygens (including phenoxy) is 1. The number of carbonyl (C=O) groups is 3. The molecule has 2 aromatic carbocycles. The van der Waals surface area contributed by atoms with Crippen LogP contribution in [0.2, 0.25) is 0 Å². The number of carbonyl (C=O) groups excluding carboxylic acids is 3. The molecule has 2 aromatic rings. The number of para-hydroxylation sites is 1. The number of hydrogen-bond donors (Lipinski definition) is 2. The Hall–Kier alpha value is -2.87. The van der Waals surface area contributed by atoms with Gasteiger partial charge in [-0.1, -0.05) is 12.1 Å². The van der Waals surface area contributed by atoms with Crippen LogP contribution in [0.25, 0.3) is 0 Å². The van der Waals surface area contributed by atoms with Crippen LogP contribution in [-0.2, 0) is 14.3 Å². The van der Waals surface area contributed by atoms with Crippen LogP contribution in [0.4, 0.5) is 10.1 Å². The molecule has 2 amide bonds. The fourth-order valence-corrected chi connectivity index (χ4v) is 2.58. The highest BCUT2D eigenvalue weighted by Gasteiger charge is 2.12. The SMILES string of the molecule is NC(=O)CSc1ccccc1NC(=O)COC(=O)c1ccc(F)cc1. The maximum absolute atomic E-state index is 12.8. The Bertz CT molecular complexity index is 780. The third-order valence-corrected chi connectivity index (χ3v) is 4.04. The van der Waals surface area contributed by atoms with Crippen LogP contribution in [0.3, 0.4) is 0 Å². The lowest BCUT2D eigenvalue weighted by atomic mass is 10.2. The third-order valence-electron chi connectivity index (χ3n) is 2.95. The zero-order valence-corrected chi connectivity index (χ0v) is 13.8. The van der Waals surface area contributed by atoms with Crippen molar-refractivity contribution in [2.24, 2.45) is 5.73 Å². The minimum Gasteiger partial charge on any atom is -0.452 e. The third kappa shape index (κ3) is 5.92. The predicted octanol–water partition coefficient (Wildman–Crippen LogP) is 2.20. The lowest BCUT2D eigenvalue weighted by Gasteiger charge is -2.10. The van der Waals surface area contributed by atoms with E-state index >= 15 is 0 Å². The first-order valence-corrected chi connectivity index (χ1v) is 8.17. The van der Waals surface area contributed by atoms with Crippen LogP contribution in [-0.4, -0.2) is 30.1 Å². The van der Waals surface area contributed by atoms with Gasteiger partial charge in [0.1, 0.15) is 5.82 Å². The van der Waals surface area contributed by atoms with E-state index in [4.69, 9.17) is 10.5 Å². The summed E-state index contributed by atoms with van der Waals surface area (Å²) in [5.74, 6) is -2.14. The Kier molecular flexibility index (Phi) is 6.53. The number of thioether (sulfide) groups is 1. The summed E-state index contributed by atoms with van der Waals surface area (Å²) in [6.45, 7) is -0.495. The first kappa shape index (κ1) is 18.5. The molecule has 0 saturated carbocycles. The zero-order valence-electron chi connectivity index (χ0n) is 13.0. The Morgan fingerprint density at radius 2 is 1.76 bits per heavy atom. The van der Waals surface area contributed by atoms with Crippen molar-refractivity contribution in [3.8, 4) is 0 Å². The van der Waals surface area contributed by atoms with Gasteiger partial charge in [-0.25, -0.2) is 9.18 Å². The predicted molar refractivity (Wildman–Crippen MR) is 91.7 cm³/mol. The van der Waals surface area contributed by atoms with Crippen molar-refractivity contribution in [1.29, 1.82) is 0 Å². The van der Waals surface area contributed by atoms with Gasteiger partial charge in [-0.2, -0.15) is 0 Å². The molecule has 0 aromatic heterocycles. The number of primary amides is 1. The van der Waals surface area contributed by atoms with Crippen LogP contribution in [0.15, 0.2) is 53.4 Å². The number of nitrogens with two attached hydrogens (primary N) is 1. The molecule has 25 heavy (non-hydrogen) atoms. The van der Waals surface area contributed by atoms with Crippen LogP contribution in [0, 0.1) is 5.82 Å². The Morgan fingerprint density at radius 1 is 1.08 bits per heavy atom. The summed E-state index contributed by atoms with van der Waals surface area (Å²) in [5.41, 5.74) is 5.74. The maximum atomic E-state index is 12.8. The van der Waals surface area contributed by atoms with Gasteiger partial charge < -0.3 is 15.8 Å². The summed E-state index contributed by atoms with van der Waals surface area (Å²) in [6, 6.07) is 11.7. The first-order chi connectivity index (χ1) is 12.0. The van der Waals surface area contributed by atoms with Crippen molar-refractivity contribution < 1.29 is 23.5 Å². The van der Waals surface area contributed by atoms with Gasteiger partial charge in [0.05, 0.1) is 17.0 Å². The Labute approximate surface area is 147 Å². The Balaban J connectivity index is 1.91. The number of amides is 2. The van der Waals surface area contributed by atoms with Gasteiger partial charge in [-0.3, -0.25) is 9.59 Å². The molecule has 0 aliphatic rings. The average Bonchev–Trinajstić information content (AvgIpc) is 2.59. The van der Waals surface area contributed by atoms with E-state index < -0.39 is 30.2 Å². The number of esters is 1. The van der Waals surface area contributed by atoms with Crippen molar-refractivity contribution in [1.82, 2.24) is 0 Å². The van der Waals surface area contributed by atoms with Gasteiger partial charge in [0, 0.05) is 4.90 Å². The summed E-state index contributed by atoms with van der Waals surface area (Å²) in [7, 11) is 0. The molecule has 0 unspecified atom stereocenters. The van der Waals surface area contributed by atoms with Crippen molar-refractivity contribution in [3.05, 3.63) is 59.9 Å². The highest BCUT2D eigenvalue weighted by Crippen LogP contribution is 2.26. The van der Waals surface area contributed by atoms with E-state index in [1.807, 2.05) is 0 Å². The van der Waals surface area contributed by atoms with Crippen LogP contribution >= 0.6 is 11.8 Å². The minimum atomic E-state index is -0.730. The number of rotatable bonds is 7. The molecule has 8 heteroatoms. The second-order valence-electron chi connectivity index (χ2n) is 4.88. The number of benzene rings is 2. The van der Waals surface area contributed by atoms with Gasteiger partial charge in [-0.15, -0.1) is 11.8 Å². The molecule has 0 saturated heterocycles. The molecule has 0 bridgehead atoms. The maximum Gasteiger partial charge on any atom is 0.338 e. The number of halogens is 1. The zero-order chi connectivity index (χ0) is 18.2. The minimum absolute atomic E-state index is 0.0758. The topological polar surface area (TPSA) is 98.5 Å². The van der Waals surface area contributed by atoms with Gasteiger partial charge in [0.25, 0.3) is 5.91 Å². The molecule has 6 nitrogen and oxygen atoms in total. The lowest BCUT2D eigenvalue weighted by molar-refractivity contribution is -0.119. The number of anilines is 1. The molecule has 0 aliphatic heterocycles. The standard InChI is InChI=1S/C17H15FN2O4S/c18-12-7-5-11(6-8-12)17(23)24-9-16(22)20-13-3-1-2-4-14(13)25-10-15(19)21/h1-8H,9-10H2,(H2,19,21)(H,20,22). The van der Waals surface area contributed by atoms with E-state index in [-0.39, 0.29) is 11.3 Å². The highest BCUT2D eigenvalue weighted by atomic mass is 32.2. The summed E-state index contributed by atoms with van der Waals surface area (Å²) in [5, 5.41) is 2.60. The molecular weight excluding hydrogens is 347 g/mol. The lowest BCUT2D eigenvalue weighted by Crippen LogP contribution is -2.21. The van der Waals surface area contributed by atoms with Crippen LogP contribution < -0.4 is 11.1 Å². The van der Waals surface area contributed by atoms with E-state index in [2.05, 4.69) is 5.32 Å². The van der Waals surface area contributed by atoms with E-state index in [1.54, 1.807) is 24.3 Å². The normalized spacial score (nSPS) is 10.1. The molecule has 0 spiro atoms. The fraction of sp³-hybridized carbons (Fsp3) is 0.118. The summed E-state index contributed by atoms with van der Waals surface area (Å²) in [6.07, 6.45) is 0. The molecule has 0 aliphatic carbocycles. The van der Waals surface area contributed by atoms with Gasteiger partial charge in [0.2, 0.25) is 5.91 Å². The molecule has 0 atom stereocenters. The molecule has 130 valence electrons. The van der Waals surface area contributed by atoms with Crippen molar-refractivity contribution in [3.63, 3.8) is 0 Å². The highest BCUT2D eigenvalue weighted by molar-refractivity contribution is 8.00. The molecule has 3 N–H and O–H groups in total. The molecule has 0 fully saturated rings. The van der Waals surface area contributed by atoms with Crippen molar-refractivity contribution in [2.45, 2.75) is 4.90 Å². The fourth-order valence-electron chi connectivity index (χ4n) is 1.83. The van der Waals surface area contributed by atoms with Crippen LogP contribution in [0.5, 0.6) is 0 Å². The van der Waals surface area contributed by atoms with E-state index in [9.17, 15) is 18.8 Å². The first-order valence-electron chi connectivity index (χ1n) is 7.18. The second-order valence-corrected chi connectivity index (χ2v) is 5.90. The van der Waals surface area contributed by atoms with Gasteiger partial charge in [-0.05, 0) is 36.4 Å². The smallest absolute Gasteiger partial charge is 0.338 e. The number of hydrogen-bond acceptors (Lipinski definition) is 5. The largest absolute Gasteiger partial charge is 0.452 e. The quantitative estimate of drug-likeness (QED) is 0.581. The summed E-state index contributed by atoms with van der Waals surface area (Å²) >= 11 is 1.19. The van der Waals surface area contributed by atoms with E-state index in [1.165, 1.54) is 23.9 Å². The summed E-state index contributed by atoms with van der Waals surface area (Å²) < 4.78 is 17.7. The summed E-state index contributed by atoms with van der Waals surface area (Å²) in [4.78, 5) is 35.3. The van der Waals surface area contributed by atoms with E-state index in [0.717, 1.165) is 12.1 Å². The van der Waals surface area contributed by atoms with Crippen molar-refractivity contribution >= 4 is 35.2 Å².